The molecule has 0 unspecified atom stereocenters. The Morgan fingerprint density at radius 2 is 1.76 bits per heavy atom. The van der Waals surface area contributed by atoms with Gasteiger partial charge in [0.15, 0.2) is 5.79 Å². The van der Waals surface area contributed by atoms with Gasteiger partial charge < -0.3 is 24.6 Å². The van der Waals surface area contributed by atoms with E-state index < -0.39 is 5.79 Å². The van der Waals surface area contributed by atoms with Crippen LogP contribution in [0.1, 0.15) is 59.8 Å². The maximum atomic E-state index is 13.5. The highest BCUT2D eigenvalue weighted by Crippen LogP contribution is 2.31. The molecule has 3 saturated heterocycles. The van der Waals surface area contributed by atoms with Crippen molar-refractivity contribution in [3.8, 4) is 0 Å². The topological polar surface area (TPSA) is 71.1 Å². The number of nitrogens with zero attached hydrogens (tertiary/aromatic N) is 2. The molecule has 0 aromatic rings. The van der Waals surface area contributed by atoms with Crippen LogP contribution in [0.5, 0.6) is 0 Å². The summed E-state index contributed by atoms with van der Waals surface area (Å²) in [5.74, 6) is 0.440. The second kappa shape index (κ2) is 9.75. The van der Waals surface area contributed by atoms with Gasteiger partial charge in [0.05, 0.1) is 19.3 Å². The van der Waals surface area contributed by atoms with Gasteiger partial charge >= 0.3 is 0 Å². The Morgan fingerprint density at radius 3 is 2.34 bits per heavy atom. The molecule has 1 spiro atoms. The molecule has 3 rings (SSSR count). The Balaban J connectivity index is 1.68. The van der Waals surface area contributed by atoms with Crippen LogP contribution in [0.3, 0.4) is 0 Å². The Kier molecular flexibility index (Phi) is 7.57. The molecular formula is C22H39N3O4. The molecule has 7 nitrogen and oxygen atoms in total. The van der Waals surface area contributed by atoms with E-state index in [1.54, 1.807) is 0 Å². The zero-order chi connectivity index (χ0) is 21.0. The van der Waals surface area contributed by atoms with E-state index in [9.17, 15) is 9.59 Å². The molecule has 3 aliphatic rings. The third-order valence-electron chi connectivity index (χ3n) is 6.24. The third kappa shape index (κ3) is 5.50. The minimum atomic E-state index is -0.504. The molecule has 0 bridgehead atoms. The highest BCUT2D eigenvalue weighted by atomic mass is 16.7. The Bertz CT molecular complexity index is 564. The maximum Gasteiger partial charge on any atom is 0.245 e. The second-order valence-corrected chi connectivity index (χ2v) is 9.60. The number of hydrogen-bond donors (Lipinski definition) is 1. The van der Waals surface area contributed by atoms with Crippen LogP contribution in [0, 0.1) is 11.8 Å². The summed E-state index contributed by atoms with van der Waals surface area (Å²) in [7, 11) is 0. The van der Waals surface area contributed by atoms with Gasteiger partial charge in [0, 0.05) is 39.0 Å². The standard InChI is InChI=1S/C22H39N3O4/c1-16(2)14-18-20(26)25(11-8-23-18)19(15-17(3)4)21(27)24-9-6-22(7-10-24)28-12-5-13-29-22/h16-19,23H,5-15H2,1-4H3/t18-,19-/m0/s1. The van der Waals surface area contributed by atoms with Gasteiger partial charge in [-0.25, -0.2) is 0 Å². The first-order chi connectivity index (χ1) is 13.8. The summed E-state index contributed by atoms with van der Waals surface area (Å²) in [6, 6.07) is -0.554. The van der Waals surface area contributed by atoms with E-state index in [4.69, 9.17) is 9.47 Å². The third-order valence-corrected chi connectivity index (χ3v) is 6.24. The first-order valence-electron chi connectivity index (χ1n) is 11.4. The van der Waals surface area contributed by atoms with E-state index in [0.29, 0.717) is 50.7 Å². The lowest BCUT2D eigenvalue weighted by Crippen LogP contribution is -2.62. The van der Waals surface area contributed by atoms with E-state index in [1.807, 2.05) is 9.80 Å². The zero-order valence-electron chi connectivity index (χ0n) is 18.6. The zero-order valence-corrected chi connectivity index (χ0v) is 18.6. The van der Waals surface area contributed by atoms with Crippen LogP contribution in [0.25, 0.3) is 0 Å². The first kappa shape index (κ1) is 22.5. The van der Waals surface area contributed by atoms with Crippen molar-refractivity contribution in [1.29, 1.82) is 0 Å². The summed E-state index contributed by atoms with van der Waals surface area (Å²) in [6.07, 6.45) is 3.85. The fourth-order valence-electron chi connectivity index (χ4n) is 4.71. The predicted octanol–water partition coefficient (Wildman–Crippen LogP) is 2.00. The van der Waals surface area contributed by atoms with E-state index in [2.05, 4.69) is 33.0 Å². The normalized spacial score (nSPS) is 26.4. The van der Waals surface area contributed by atoms with Gasteiger partial charge in [0.2, 0.25) is 11.8 Å². The fraction of sp³-hybridized carbons (Fsp3) is 0.909. The maximum absolute atomic E-state index is 13.5. The van der Waals surface area contributed by atoms with E-state index in [-0.39, 0.29) is 23.9 Å². The average Bonchev–Trinajstić information content (AvgIpc) is 2.68. The lowest BCUT2D eigenvalue weighted by Gasteiger charge is -2.45. The van der Waals surface area contributed by atoms with Crippen molar-refractivity contribution in [2.24, 2.45) is 11.8 Å². The number of carbonyl (C=O) groups excluding carboxylic acids is 2. The molecule has 3 heterocycles. The summed E-state index contributed by atoms with van der Waals surface area (Å²) in [4.78, 5) is 30.4. The summed E-state index contributed by atoms with van der Waals surface area (Å²) in [5, 5.41) is 3.35. The highest BCUT2D eigenvalue weighted by molar-refractivity contribution is 5.90. The largest absolute Gasteiger partial charge is 0.350 e. The van der Waals surface area contributed by atoms with Crippen molar-refractivity contribution >= 4 is 11.8 Å². The van der Waals surface area contributed by atoms with Gasteiger partial charge in [0.1, 0.15) is 6.04 Å². The van der Waals surface area contributed by atoms with Crippen molar-refractivity contribution in [3.63, 3.8) is 0 Å². The van der Waals surface area contributed by atoms with Gasteiger partial charge in [-0.05, 0) is 31.1 Å². The van der Waals surface area contributed by atoms with Crippen molar-refractivity contribution in [3.05, 3.63) is 0 Å². The molecule has 2 amide bonds. The number of amides is 2. The fourth-order valence-corrected chi connectivity index (χ4v) is 4.71. The highest BCUT2D eigenvalue weighted by Gasteiger charge is 2.43. The van der Waals surface area contributed by atoms with Gasteiger partial charge in [-0.3, -0.25) is 9.59 Å². The van der Waals surface area contributed by atoms with E-state index >= 15 is 0 Å². The SMILES string of the molecule is CC(C)C[C@@H]1NCCN([C@@H](CC(C)C)C(=O)N2CCC3(CC2)OCCCO3)C1=O. The minimum Gasteiger partial charge on any atom is -0.350 e. The summed E-state index contributed by atoms with van der Waals surface area (Å²) in [6.45, 7) is 12.6. The number of piperazine rings is 1. The predicted molar refractivity (Wildman–Crippen MR) is 111 cm³/mol. The van der Waals surface area contributed by atoms with E-state index in [0.717, 1.165) is 32.6 Å². The molecule has 7 heteroatoms. The lowest BCUT2D eigenvalue weighted by atomic mass is 9.95. The van der Waals surface area contributed by atoms with Crippen LogP contribution in [-0.2, 0) is 19.1 Å². The number of likely N-dealkylation sites (tertiary alicyclic amines) is 1. The van der Waals surface area contributed by atoms with E-state index in [1.165, 1.54) is 0 Å². The minimum absolute atomic E-state index is 0.0800. The van der Waals surface area contributed by atoms with Crippen LogP contribution < -0.4 is 5.32 Å². The molecule has 1 N–H and O–H groups in total. The van der Waals surface area contributed by atoms with Crippen LogP contribution in [0.2, 0.25) is 0 Å². The number of piperidine rings is 1. The molecular weight excluding hydrogens is 370 g/mol. The van der Waals surface area contributed by atoms with Gasteiger partial charge in [-0.2, -0.15) is 0 Å². The van der Waals surface area contributed by atoms with Crippen LogP contribution in [-0.4, -0.2) is 78.9 Å². The quantitative estimate of drug-likeness (QED) is 0.727. The molecule has 166 valence electrons. The molecule has 3 fully saturated rings. The Hall–Kier alpha value is -1.18. The summed E-state index contributed by atoms with van der Waals surface area (Å²) < 4.78 is 11.8. The molecule has 0 saturated carbocycles. The van der Waals surface area contributed by atoms with Crippen molar-refractivity contribution in [1.82, 2.24) is 15.1 Å². The first-order valence-corrected chi connectivity index (χ1v) is 11.4. The second-order valence-electron chi connectivity index (χ2n) is 9.60. The smallest absolute Gasteiger partial charge is 0.245 e. The molecule has 3 aliphatic heterocycles. The Morgan fingerprint density at radius 1 is 1.10 bits per heavy atom. The number of carbonyl (C=O) groups is 2. The molecule has 0 aliphatic carbocycles. The molecule has 0 radical (unpaired) electrons. The monoisotopic (exact) mass is 409 g/mol. The van der Waals surface area contributed by atoms with Gasteiger partial charge in [-0.15, -0.1) is 0 Å². The molecule has 29 heavy (non-hydrogen) atoms. The lowest BCUT2D eigenvalue weighted by molar-refractivity contribution is -0.283. The van der Waals surface area contributed by atoms with Crippen molar-refractivity contribution in [2.45, 2.75) is 77.7 Å². The van der Waals surface area contributed by atoms with Crippen molar-refractivity contribution < 1.29 is 19.1 Å². The van der Waals surface area contributed by atoms with Crippen molar-refractivity contribution in [2.75, 3.05) is 39.4 Å². The summed E-state index contributed by atoms with van der Waals surface area (Å²) in [5.41, 5.74) is 0. The number of nitrogens with one attached hydrogen (secondary N) is 1. The van der Waals surface area contributed by atoms with Crippen LogP contribution in [0.15, 0.2) is 0 Å². The van der Waals surface area contributed by atoms with Gasteiger partial charge in [-0.1, -0.05) is 27.7 Å². The molecule has 0 aromatic carbocycles. The average molecular weight is 410 g/mol. The number of hydrogen-bond acceptors (Lipinski definition) is 5. The summed E-state index contributed by atoms with van der Waals surface area (Å²) >= 11 is 0. The molecule has 0 aromatic heterocycles. The van der Waals surface area contributed by atoms with Gasteiger partial charge in [0.25, 0.3) is 0 Å². The van der Waals surface area contributed by atoms with Crippen LogP contribution in [0.4, 0.5) is 0 Å². The molecule has 2 atom stereocenters. The van der Waals surface area contributed by atoms with Crippen LogP contribution >= 0.6 is 0 Å². The Labute approximate surface area is 175 Å². The number of rotatable bonds is 6. The number of ether oxygens (including phenoxy) is 2.